The van der Waals surface area contributed by atoms with Crippen LogP contribution in [0.1, 0.15) is 77.3 Å². The van der Waals surface area contributed by atoms with Gasteiger partial charge in [-0.3, -0.25) is 0 Å². The maximum Gasteiger partial charge on any atom is 0.117 e. The lowest BCUT2D eigenvalue weighted by molar-refractivity contribution is -0.294. The van der Waals surface area contributed by atoms with E-state index in [1.54, 1.807) is 19.9 Å². The van der Waals surface area contributed by atoms with Crippen LogP contribution >= 0.6 is 0 Å². The topological polar surface area (TPSA) is 66.4 Å². The van der Waals surface area contributed by atoms with Gasteiger partial charge in [-0.15, -0.1) is 6.58 Å². The van der Waals surface area contributed by atoms with Gasteiger partial charge in [-0.2, -0.15) is 0 Å². The van der Waals surface area contributed by atoms with E-state index in [2.05, 4.69) is 80.2 Å². The fourth-order valence-corrected chi connectivity index (χ4v) is 7.34. The Morgan fingerprint density at radius 1 is 0.643 bits per heavy atom. The predicted octanol–water partition coefficient (Wildman–Crippen LogP) is 10.1. The van der Waals surface area contributed by atoms with E-state index in [4.69, 9.17) is 23.7 Å². The van der Waals surface area contributed by atoms with E-state index in [1.807, 2.05) is 66.7 Å². The quantitative estimate of drug-likeness (QED) is 0.0631. The Bertz CT molecular complexity index is 1890. The lowest BCUT2D eigenvalue weighted by Gasteiger charge is -2.49. The molecule has 0 amide bonds. The second-order valence-corrected chi connectivity index (χ2v) is 15.4. The van der Waals surface area contributed by atoms with Gasteiger partial charge in [-0.1, -0.05) is 140 Å². The highest BCUT2D eigenvalue weighted by Gasteiger charge is 2.53. The molecule has 1 heterocycles. The highest BCUT2D eigenvalue weighted by molar-refractivity contribution is 5.38. The summed E-state index contributed by atoms with van der Waals surface area (Å²) in [5, 5.41) is 11.8. The Balaban J connectivity index is 1.30. The summed E-state index contributed by atoms with van der Waals surface area (Å²) < 4.78 is 33.2. The van der Waals surface area contributed by atoms with Gasteiger partial charge in [0.15, 0.2) is 0 Å². The summed E-state index contributed by atoms with van der Waals surface area (Å²) >= 11 is 0. The number of ether oxygens (including phenoxy) is 5. The highest BCUT2D eigenvalue weighted by atomic mass is 16.6. The summed E-state index contributed by atoms with van der Waals surface area (Å²) in [6.45, 7) is 11.9. The number of unbranched alkanes of at least 4 members (excludes halogenated alkanes) is 1. The number of hydrogen-bond acceptors (Lipinski definition) is 6. The minimum atomic E-state index is -1.26. The molecule has 0 aliphatic carbocycles. The van der Waals surface area contributed by atoms with Crippen molar-refractivity contribution >= 4 is 0 Å². The third-order valence-corrected chi connectivity index (χ3v) is 10.4. The van der Waals surface area contributed by atoms with Crippen LogP contribution in [-0.4, -0.2) is 48.3 Å². The molecule has 1 aliphatic heterocycles. The molecule has 6 heteroatoms. The maximum atomic E-state index is 11.8. The summed E-state index contributed by atoms with van der Waals surface area (Å²) in [7, 11) is 0. The Hall–Kier alpha value is -4.40. The van der Waals surface area contributed by atoms with E-state index >= 15 is 0 Å². The van der Waals surface area contributed by atoms with E-state index in [-0.39, 0.29) is 0 Å². The van der Waals surface area contributed by atoms with Crippen LogP contribution < -0.4 is 0 Å². The van der Waals surface area contributed by atoms with Gasteiger partial charge in [-0.25, -0.2) is 0 Å². The smallest absolute Gasteiger partial charge is 0.117 e. The van der Waals surface area contributed by atoms with Crippen LogP contribution in [0.5, 0.6) is 0 Å². The van der Waals surface area contributed by atoms with E-state index in [9.17, 15) is 5.11 Å². The Kier molecular flexibility index (Phi) is 15.2. The van der Waals surface area contributed by atoms with Crippen LogP contribution in [-0.2, 0) is 56.3 Å². The summed E-state index contributed by atoms with van der Waals surface area (Å²) in [4.78, 5) is 0. The number of benzene rings is 5. The molecule has 5 atom stereocenters. The third-order valence-electron chi connectivity index (χ3n) is 10.4. The van der Waals surface area contributed by atoms with Gasteiger partial charge in [0, 0.05) is 6.61 Å². The molecule has 56 heavy (non-hydrogen) atoms. The Morgan fingerprint density at radius 3 is 1.73 bits per heavy atom. The van der Waals surface area contributed by atoms with Gasteiger partial charge in [0.1, 0.15) is 30.5 Å². The van der Waals surface area contributed by atoms with Gasteiger partial charge < -0.3 is 28.8 Å². The fourth-order valence-electron chi connectivity index (χ4n) is 7.34. The minimum Gasteiger partial charge on any atom is -0.388 e. The molecule has 0 radical (unpaired) electrons. The molecule has 5 aromatic rings. The summed E-state index contributed by atoms with van der Waals surface area (Å²) in [5.41, 5.74) is 7.83. The van der Waals surface area contributed by atoms with E-state index in [0.29, 0.717) is 26.4 Å². The highest BCUT2D eigenvalue weighted by Crippen LogP contribution is 2.42. The van der Waals surface area contributed by atoms with Crippen LogP contribution in [0.2, 0.25) is 0 Å². The molecule has 0 saturated carbocycles. The van der Waals surface area contributed by atoms with Gasteiger partial charge in [0.25, 0.3) is 0 Å². The molecule has 0 bridgehead atoms. The zero-order chi connectivity index (χ0) is 39.2. The third kappa shape index (κ3) is 11.8. The molecule has 0 aromatic heterocycles. The van der Waals surface area contributed by atoms with Crippen LogP contribution in [0.4, 0.5) is 0 Å². The average Bonchev–Trinajstić information content (AvgIpc) is 3.22. The Morgan fingerprint density at radius 2 is 1.18 bits per heavy atom. The van der Waals surface area contributed by atoms with E-state index in [0.717, 1.165) is 54.5 Å². The maximum absolute atomic E-state index is 11.8. The van der Waals surface area contributed by atoms with E-state index in [1.165, 1.54) is 22.3 Å². The second-order valence-electron chi connectivity index (χ2n) is 15.4. The van der Waals surface area contributed by atoms with Gasteiger partial charge in [0.05, 0.1) is 32.0 Å². The molecule has 1 fully saturated rings. The largest absolute Gasteiger partial charge is 0.388 e. The first-order valence-electron chi connectivity index (χ1n) is 20.0. The molecule has 5 aromatic carbocycles. The zero-order valence-electron chi connectivity index (χ0n) is 33.2. The lowest BCUT2D eigenvalue weighted by Crippen LogP contribution is -2.62. The monoisotopic (exact) mass is 754 g/mol. The van der Waals surface area contributed by atoms with Crippen molar-refractivity contribution in [2.75, 3.05) is 13.2 Å². The Labute approximate surface area is 334 Å². The number of rotatable bonds is 20. The van der Waals surface area contributed by atoms with Crippen molar-refractivity contribution in [1.29, 1.82) is 0 Å². The molecule has 1 aliphatic rings. The molecule has 6 nitrogen and oxygen atoms in total. The molecule has 294 valence electrons. The van der Waals surface area contributed by atoms with Gasteiger partial charge >= 0.3 is 0 Å². The standard InChI is InChI=1S/C50H58O6/c1-5-30-52-31-16-15-17-38-25-27-39(28-26-38)32-44-33-43(29-24-37(44)2)45-46(53-34-40-18-9-6-10-19-40)47(54-35-41-20-11-7-12-21-41)48(49(56-45)50(3,4)51)55-36-42-22-13-8-14-23-42/h5-14,18-29,33,45-49,51H,1,15-17,30-32,34-36H2,2-4H3/t45-,46-,47+,48-,49-/m0/s1. The van der Waals surface area contributed by atoms with Crippen molar-refractivity contribution in [1.82, 2.24) is 0 Å². The first-order chi connectivity index (χ1) is 27.3. The van der Waals surface area contributed by atoms with Crippen LogP contribution in [0.15, 0.2) is 146 Å². The summed E-state index contributed by atoms with van der Waals surface area (Å²) in [6, 6.07) is 45.9. The predicted molar refractivity (Wildman–Crippen MR) is 223 cm³/mol. The zero-order valence-corrected chi connectivity index (χ0v) is 33.2. The molecule has 1 N–H and O–H groups in total. The number of aliphatic hydroxyl groups is 1. The molecule has 1 saturated heterocycles. The second kappa shape index (κ2) is 20.7. The van der Waals surface area contributed by atoms with Crippen LogP contribution in [0, 0.1) is 6.92 Å². The lowest BCUT2D eigenvalue weighted by atomic mass is 9.83. The molecule has 0 spiro atoms. The van der Waals surface area contributed by atoms with Gasteiger partial charge in [-0.05, 0) is 91.0 Å². The molecule has 6 rings (SSSR count). The van der Waals surface area contributed by atoms with Crippen molar-refractivity contribution in [3.8, 4) is 0 Å². The van der Waals surface area contributed by atoms with Crippen LogP contribution in [0.3, 0.4) is 0 Å². The van der Waals surface area contributed by atoms with E-state index < -0.39 is 36.1 Å². The first kappa shape index (κ1) is 41.2. The average molecular weight is 755 g/mol. The fraction of sp³-hybridized carbons (Fsp3) is 0.360. The number of aryl methyl sites for hydroxylation is 2. The van der Waals surface area contributed by atoms with Crippen molar-refractivity contribution < 1.29 is 28.8 Å². The molecular weight excluding hydrogens is 697 g/mol. The van der Waals surface area contributed by atoms with Gasteiger partial charge in [0.2, 0.25) is 0 Å². The summed E-state index contributed by atoms with van der Waals surface area (Å²) in [5.74, 6) is 0. The summed E-state index contributed by atoms with van der Waals surface area (Å²) in [6.07, 6.45) is 2.67. The van der Waals surface area contributed by atoms with Crippen molar-refractivity contribution in [2.24, 2.45) is 0 Å². The molecule has 0 unspecified atom stereocenters. The van der Waals surface area contributed by atoms with Crippen molar-refractivity contribution in [3.05, 3.63) is 191 Å². The SMILES string of the molecule is C=CCOCCCCc1ccc(Cc2cc([C@@H]3O[C@H](C(C)(C)O)[C@@H](OCc4ccccc4)[C@H](OCc4ccccc4)[C@H]3OCc3ccccc3)ccc2C)cc1. The normalized spacial score (nSPS) is 19.8. The minimum absolute atomic E-state index is 0.334. The first-order valence-corrected chi connectivity index (χ1v) is 20.0. The number of hydrogen-bond donors (Lipinski definition) is 1. The molecular formula is C50H58O6. The van der Waals surface area contributed by atoms with Crippen molar-refractivity contribution in [3.63, 3.8) is 0 Å². The van der Waals surface area contributed by atoms with Crippen LogP contribution in [0.25, 0.3) is 0 Å². The van der Waals surface area contributed by atoms with Crippen molar-refractivity contribution in [2.45, 2.75) is 102 Å².